The molecule has 0 spiro atoms. The van der Waals surface area contributed by atoms with E-state index < -0.39 is 21.4 Å². The van der Waals surface area contributed by atoms with Gasteiger partial charge in [0.25, 0.3) is 0 Å². The molecule has 0 unspecified atom stereocenters. The number of aryl methyl sites for hydroxylation is 1. The van der Waals surface area contributed by atoms with Crippen LogP contribution < -0.4 is 10.2 Å². The van der Waals surface area contributed by atoms with Gasteiger partial charge in [-0.15, -0.1) is 0 Å². The molecule has 41 heavy (non-hydrogen) atoms. The van der Waals surface area contributed by atoms with Crippen molar-refractivity contribution in [3.8, 4) is 11.1 Å². The summed E-state index contributed by atoms with van der Waals surface area (Å²) in [6, 6.07) is 21.4. The van der Waals surface area contributed by atoms with Gasteiger partial charge in [-0.1, -0.05) is 41.6 Å². The third-order valence-electron chi connectivity index (χ3n) is 7.30. The Balaban J connectivity index is 1.23. The zero-order valence-electron chi connectivity index (χ0n) is 22.8. The number of para-hydroxylation sites is 1. The van der Waals surface area contributed by atoms with Gasteiger partial charge in [-0.2, -0.15) is 0 Å². The van der Waals surface area contributed by atoms with Crippen molar-refractivity contribution in [1.82, 2.24) is 20.0 Å². The summed E-state index contributed by atoms with van der Waals surface area (Å²) in [5.74, 6) is 0.526. The van der Waals surface area contributed by atoms with Crippen molar-refractivity contribution in [3.63, 3.8) is 0 Å². The van der Waals surface area contributed by atoms with E-state index in [1.807, 2.05) is 41.1 Å². The number of aromatic nitrogens is 3. The Morgan fingerprint density at radius 3 is 2.59 bits per heavy atom. The number of hydrogen-bond acceptors (Lipinski definition) is 8. The first kappa shape index (κ1) is 26.9. The van der Waals surface area contributed by atoms with Crippen molar-refractivity contribution in [2.45, 2.75) is 24.8 Å². The minimum Gasteiger partial charge on any atom is -0.361 e. The number of rotatable bonds is 9. The van der Waals surface area contributed by atoms with Crippen LogP contribution in [-0.4, -0.2) is 60.8 Å². The van der Waals surface area contributed by atoms with Gasteiger partial charge < -0.3 is 19.3 Å². The number of fused-ring (bicyclic) bond motifs is 1. The molecule has 0 aliphatic carbocycles. The highest BCUT2D eigenvalue weighted by Crippen LogP contribution is 2.28. The standard InChI is InChI=1S/C31H31N5O4S/c1-22-15-26(34-40-22)17-27(37)21-41(38,39)30-20-36(29-8-3-2-7-28(29)30)19-23-5-4-6-24(16-23)25-9-10-31(33-18-25)35-13-11-32-12-14-35/h2-10,15-16,18,20,32H,11-14,17,19,21H2,1H3. The Bertz CT molecular complexity index is 1800. The molecule has 0 amide bonds. The first-order valence-corrected chi connectivity index (χ1v) is 15.3. The fraction of sp³-hybridized carbons (Fsp3) is 0.258. The lowest BCUT2D eigenvalue weighted by Crippen LogP contribution is -2.43. The maximum atomic E-state index is 13.4. The molecule has 4 heterocycles. The average Bonchev–Trinajstić information content (AvgIpc) is 3.57. The van der Waals surface area contributed by atoms with Crippen molar-refractivity contribution in [2.75, 3.05) is 36.8 Å². The molecule has 210 valence electrons. The number of hydrogen-bond donors (Lipinski definition) is 1. The lowest BCUT2D eigenvalue weighted by molar-refractivity contribution is -0.116. The van der Waals surface area contributed by atoms with Crippen molar-refractivity contribution < 1.29 is 17.7 Å². The van der Waals surface area contributed by atoms with Gasteiger partial charge in [0, 0.05) is 67.7 Å². The predicted octanol–water partition coefficient (Wildman–Crippen LogP) is 4.04. The largest absolute Gasteiger partial charge is 0.361 e. The van der Waals surface area contributed by atoms with Gasteiger partial charge in [0.2, 0.25) is 0 Å². The second kappa shape index (κ2) is 11.3. The van der Waals surface area contributed by atoms with Crippen LogP contribution in [0.25, 0.3) is 22.0 Å². The molecule has 1 N–H and O–H groups in total. The lowest BCUT2D eigenvalue weighted by atomic mass is 10.0. The van der Waals surface area contributed by atoms with E-state index in [4.69, 9.17) is 9.51 Å². The van der Waals surface area contributed by atoms with Crippen LogP contribution >= 0.6 is 0 Å². The molecule has 0 radical (unpaired) electrons. The molecule has 1 aliphatic rings. The minimum atomic E-state index is -3.88. The van der Waals surface area contributed by atoms with E-state index in [1.54, 1.807) is 25.3 Å². The molecule has 0 bridgehead atoms. The fourth-order valence-corrected chi connectivity index (χ4v) is 6.80. The predicted molar refractivity (Wildman–Crippen MR) is 158 cm³/mol. The van der Waals surface area contributed by atoms with Crippen LogP contribution in [0.5, 0.6) is 0 Å². The number of ketones is 1. The summed E-state index contributed by atoms with van der Waals surface area (Å²) >= 11 is 0. The van der Waals surface area contributed by atoms with Gasteiger partial charge in [0.05, 0.1) is 17.0 Å². The molecule has 1 saturated heterocycles. The highest BCUT2D eigenvalue weighted by molar-refractivity contribution is 7.92. The van der Waals surface area contributed by atoms with E-state index >= 15 is 0 Å². The number of piperazine rings is 1. The fourth-order valence-electron chi connectivity index (χ4n) is 5.32. The number of nitrogens with one attached hydrogen (secondary N) is 1. The van der Waals surface area contributed by atoms with Gasteiger partial charge in [-0.05, 0) is 42.3 Å². The summed E-state index contributed by atoms with van der Waals surface area (Å²) < 4.78 is 33.7. The zero-order chi connectivity index (χ0) is 28.4. The molecule has 6 rings (SSSR count). The van der Waals surface area contributed by atoms with Crippen LogP contribution in [0.1, 0.15) is 17.0 Å². The van der Waals surface area contributed by atoms with Crippen LogP contribution in [-0.2, 0) is 27.6 Å². The maximum Gasteiger partial charge on any atom is 0.187 e. The van der Waals surface area contributed by atoms with E-state index in [9.17, 15) is 13.2 Å². The first-order valence-electron chi connectivity index (χ1n) is 13.6. The van der Waals surface area contributed by atoms with Crippen LogP contribution in [0.2, 0.25) is 0 Å². The molecule has 5 aromatic rings. The normalized spacial score (nSPS) is 14.0. The Labute approximate surface area is 238 Å². The topological polar surface area (TPSA) is 110 Å². The molecular formula is C31H31N5O4S. The van der Waals surface area contributed by atoms with Crippen LogP contribution in [0, 0.1) is 6.92 Å². The number of benzene rings is 2. The van der Waals surface area contributed by atoms with E-state index in [1.165, 1.54) is 0 Å². The third kappa shape index (κ3) is 5.94. The van der Waals surface area contributed by atoms with E-state index in [0.717, 1.165) is 54.2 Å². The molecule has 0 atom stereocenters. The number of anilines is 1. The molecule has 10 heteroatoms. The summed E-state index contributed by atoms with van der Waals surface area (Å²) in [7, 11) is -3.88. The summed E-state index contributed by atoms with van der Waals surface area (Å²) in [5.41, 5.74) is 4.31. The van der Waals surface area contributed by atoms with Gasteiger partial charge in [-0.3, -0.25) is 4.79 Å². The SMILES string of the molecule is Cc1cc(CC(=O)CS(=O)(=O)c2cn(Cc3cccc(-c4ccc(N5CCNCC5)nc4)c3)c3ccccc23)no1. The Kier molecular flexibility index (Phi) is 7.42. The molecule has 1 aliphatic heterocycles. The smallest absolute Gasteiger partial charge is 0.187 e. The van der Waals surface area contributed by atoms with Crippen molar-refractivity contribution in [3.05, 3.63) is 96.1 Å². The minimum absolute atomic E-state index is 0.0902. The Morgan fingerprint density at radius 2 is 1.83 bits per heavy atom. The second-order valence-corrected chi connectivity index (χ2v) is 12.3. The Morgan fingerprint density at radius 1 is 1.00 bits per heavy atom. The van der Waals surface area contributed by atoms with E-state index in [2.05, 4.69) is 39.6 Å². The highest BCUT2D eigenvalue weighted by atomic mass is 32.2. The number of Topliss-reactive ketones (excluding diaryl/α,β-unsaturated/α-hetero) is 1. The van der Waals surface area contributed by atoms with Crippen molar-refractivity contribution in [2.24, 2.45) is 0 Å². The third-order valence-corrected chi connectivity index (χ3v) is 8.99. The zero-order valence-corrected chi connectivity index (χ0v) is 23.6. The van der Waals surface area contributed by atoms with Crippen molar-refractivity contribution in [1.29, 1.82) is 0 Å². The van der Waals surface area contributed by atoms with Gasteiger partial charge in [-0.25, -0.2) is 13.4 Å². The number of sulfone groups is 1. The summed E-state index contributed by atoms with van der Waals surface area (Å²) in [6.07, 6.45) is 3.46. The van der Waals surface area contributed by atoms with Crippen LogP contribution in [0.4, 0.5) is 5.82 Å². The summed E-state index contributed by atoms with van der Waals surface area (Å²) in [5, 5.41) is 7.77. The monoisotopic (exact) mass is 569 g/mol. The van der Waals surface area contributed by atoms with Crippen LogP contribution in [0.3, 0.4) is 0 Å². The van der Waals surface area contributed by atoms with E-state index in [0.29, 0.717) is 23.4 Å². The number of carbonyl (C=O) groups is 1. The molecule has 2 aromatic carbocycles. The molecule has 1 fully saturated rings. The van der Waals surface area contributed by atoms with E-state index in [-0.39, 0.29) is 11.3 Å². The van der Waals surface area contributed by atoms with Crippen LogP contribution in [0.15, 0.2) is 88.5 Å². The quantitative estimate of drug-likeness (QED) is 0.283. The second-order valence-electron chi connectivity index (χ2n) is 10.4. The van der Waals surface area contributed by atoms with Gasteiger partial charge in [0.15, 0.2) is 15.6 Å². The maximum absolute atomic E-state index is 13.4. The molecule has 3 aromatic heterocycles. The summed E-state index contributed by atoms with van der Waals surface area (Å²) in [6.45, 7) is 6.01. The van der Waals surface area contributed by atoms with Gasteiger partial charge >= 0.3 is 0 Å². The lowest BCUT2D eigenvalue weighted by Gasteiger charge is -2.28. The Hall–Kier alpha value is -4.28. The highest BCUT2D eigenvalue weighted by Gasteiger charge is 2.25. The number of pyridine rings is 1. The molecule has 9 nitrogen and oxygen atoms in total. The van der Waals surface area contributed by atoms with Gasteiger partial charge in [0.1, 0.15) is 17.3 Å². The number of nitrogens with zero attached hydrogens (tertiary/aromatic N) is 4. The number of carbonyl (C=O) groups excluding carboxylic acids is 1. The summed E-state index contributed by atoms with van der Waals surface area (Å²) in [4.78, 5) is 19.8. The van der Waals surface area contributed by atoms with Crippen molar-refractivity contribution >= 4 is 32.3 Å². The first-order chi connectivity index (χ1) is 19.9. The molecule has 0 saturated carbocycles. The molecular weight excluding hydrogens is 538 g/mol. The average molecular weight is 570 g/mol.